The zero-order chi connectivity index (χ0) is 21.9. The van der Waals surface area contributed by atoms with Crippen molar-refractivity contribution in [3.8, 4) is 17.2 Å². The van der Waals surface area contributed by atoms with Gasteiger partial charge in [-0.15, -0.1) is 0 Å². The van der Waals surface area contributed by atoms with Gasteiger partial charge in [0.15, 0.2) is 11.5 Å². The third-order valence-electron chi connectivity index (χ3n) is 6.68. The van der Waals surface area contributed by atoms with Gasteiger partial charge in [0.25, 0.3) is 0 Å². The van der Waals surface area contributed by atoms with Crippen molar-refractivity contribution in [2.45, 2.75) is 18.9 Å². The van der Waals surface area contributed by atoms with E-state index in [0.717, 1.165) is 74.1 Å². The summed E-state index contributed by atoms with van der Waals surface area (Å²) in [6, 6.07) is 14.4. The average Bonchev–Trinajstić information content (AvgIpc) is 3.34. The second-order valence-corrected chi connectivity index (χ2v) is 8.58. The summed E-state index contributed by atoms with van der Waals surface area (Å²) in [6.07, 6.45) is 2.03. The number of benzene rings is 2. The van der Waals surface area contributed by atoms with Crippen LogP contribution in [0.1, 0.15) is 24.4 Å². The van der Waals surface area contributed by atoms with Crippen LogP contribution >= 0.6 is 0 Å². The predicted octanol–water partition coefficient (Wildman–Crippen LogP) is 2.95. The fourth-order valence-corrected chi connectivity index (χ4v) is 5.00. The number of fused-ring (bicyclic) bond motifs is 1. The van der Waals surface area contributed by atoms with E-state index < -0.39 is 0 Å². The van der Waals surface area contributed by atoms with Gasteiger partial charge in [0, 0.05) is 32.7 Å². The number of para-hydroxylation sites is 2. The number of methoxy groups -OCH3 is 1. The number of piperazine rings is 1. The fraction of sp³-hybridized carbons (Fsp3) is 0.480. The molecule has 7 heteroatoms. The molecule has 2 aromatic rings. The number of carbonyl (C=O) groups is 1. The highest BCUT2D eigenvalue weighted by Gasteiger charge is 2.32. The van der Waals surface area contributed by atoms with Gasteiger partial charge in [-0.3, -0.25) is 9.69 Å². The summed E-state index contributed by atoms with van der Waals surface area (Å²) in [7, 11) is 1.71. The maximum atomic E-state index is 13.2. The number of hydrogen-bond donors (Lipinski definition) is 0. The third kappa shape index (κ3) is 4.21. The van der Waals surface area contributed by atoms with E-state index in [4.69, 9.17) is 14.2 Å². The molecule has 2 aromatic carbocycles. The van der Waals surface area contributed by atoms with Gasteiger partial charge in [-0.1, -0.05) is 18.2 Å². The van der Waals surface area contributed by atoms with Crippen LogP contribution < -0.4 is 19.1 Å². The summed E-state index contributed by atoms with van der Waals surface area (Å²) in [6.45, 7) is 5.96. The molecule has 0 unspecified atom stereocenters. The lowest BCUT2D eigenvalue weighted by Gasteiger charge is -2.37. The minimum Gasteiger partial charge on any atom is -0.495 e. The Kier molecular flexibility index (Phi) is 6.08. The van der Waals surface area contributed by atoms with Crippen molar-refractivity contribution in [2.75, 3.05) is 64.5 Å². The van der Waals surface area contributed by atoms with Crippen LogP contribution in [0, 0.1) is 0 Å². The number of hydrogen-bond acceptors (Lipinski definition) is 6. The molecule has 3 aliphatic rings. The standard InChI is InChI=1S/C25H31N3O4/c1-30-22-7-3-2-5-21(22)27-13-11-26(12-14-27)18-25(29)28-10-4-6-20(28)19-8-9-23-24(17-19)32-16-15-31-23/h2-3,5,7-9,17,20H,4,6,10-16,18H2,1H3/t20-/m0/s1. The van der Waals surface area contributed by atoms with Crippen molar-refractivity contribution >= 4 is 11.6 Å². The number of carbonyl (C=O) groups excluding carboxylic acids is 1. The van der Waals surface area contributed by atoms with Crippen molar-refractivity contribution in [3.63, 3.8) is 0 Å². The van der Waals surface area contributed by atoms with E-state index in [1.807, 2.05) is 24.3 Å². The van der Waals surface area contributed by atoms with Crippen LogP contribution in [0.5, 0.6) is 17.2 Å². The molecule has 0 aliphatic carbocycles. The Balaban J connectivity index is 1.20. The molecule has 7 nitrogen and oxygen atoms in total. The van der Waals surface area contributed by atoms with E-state index in [9.17, 15) is 4.79 Å². The summed E-state index contributed by atoms with van der Waals surface area (Å²) >= 11 is 0. The summed E-state index contributed by atoms with van der Waals surface area (Å²) in [5.41, 5.74) is 2.26. The smallest absolute Gasteiger partial charge is 0.237 e. The largest absolute Gasteiger partial charge is 0.495 e. The van der Waals surface area contributed by atoms with Gasteiger partial charge in [0.05, 0.1) is 25.4 Å². The quantitative estimate of drug-likeness (QED) is 0.717. The van der Waals surface area contributed by atoms with Gasteiger partial charge >= 0.3 is 0 Å². The molecular formula is C25H31N3O4. The molecule has 0 spiro atoms. The maximum absolute atomic E-state index is 13.2. The first-order valence-electron chi connectivity index (χ1n) is 11.5. The Labute approximate surface area is 189 Å². The van der Waals surface area contributed by atoms with E-state index in [2.05, 4.69) is 32.9 Å². The lowest BCUT2D eigenvalue weighted by Crippen LogP contribution is -2.50. The second-order valence-electron chi connectivity index (χ2n) is 8.58. The predicted molar refractivity (Wildman–Crippen MR) is 123 cm³/mol. The molecule has 2 fully saturated rings. The topological polar surface area (TPSA) is 54.5 Å². The van der Waals surface area contributed by atoms with Crippen molar-refractivity contribution in [1.82, 2.24) is 9.80 Å². The van der Waals surface area contributed by atoms with Crippen LogP contribution in [0.4, 0.5) is 5.69 Å². The first kappa shape index (κ1) is 20.9. The number of ether oxygens (including phenoxy) is 3. The lowest BCUT2D eigenvalue weighted by molar-refractivity contribution is -0.133. The Hall–Kier alpha value is -2.93. The van der Waals surface area contributed by atoms with Gasteiger partial charge in [0.2, 0.25) is 5.91 Å². The highest BCUT2D eigenvalue weighted by atomic mass is 16.6. The van der Waals surface area contributed by atoms with E-state index >= 15 is 0 Å². The SMILES string of the molecule is COc1ccccc1N1CCN(CC(=O)N2CCC[C@H]2c2ccc3c(c2)OCCO3)CC1. The first-order chi connectivity index (χ1) is 15.7. The van der Waals surface area contributed by atoms with Crippen LogP contribution in [0.3, 0.4) is 0 Å². The van der Waals surface area contributed by atoms with Crippen LogP contribution in [0.25, 0.3) is 0 Å². The highest BCUT2D eigenvalue weighted by molar-refractivity contribution is 5.79. The molecule has 0 bridgehead atoms. The first-order valence-corrected chi connectivity index (χ1v) is 11.5. The van der Waals surface area contributed by atoms with Crippen LogP contribution in [-0.2, 0) is 4.79 Å². The summed E-state index contributed by atoms with van der Waals surface area (Å²) in [5, 5.41) is 0. The molecular weight excluding hydrogens is 406 g/mol. The second kappa shape index (κ2) is 9.28. The minimum atomic E-state index is 0.119. The maximum Gasteiger partial charge on any atom is 0.237 e. The van der Waals surface area contributed by atoms with Gasteiger partial charge < -0.3 is 24.0 Å². The third-order valence-corrected chi connectivity index (χ3v) is 6.68. The molecule has 1 atom stereocenters. The van der Waals surface area contributed by atoms with Gasteiger partial charge in [-0.05, 0) is 42.7 Å². The normalized spacial score (nSPS) is 21.0. The van der Waals surface area contributed by atoms with Crippen molar-refractivity contribution in [1.29, 1.82) is 0 Å². The van der Waals surface area contributed by atoms with E-state index in [-0.39, 0.29) is 11.9 Å². The zero-order valence-electron chi connectivity index (χ0n) is 18.7. The highest BCUT2D eigenvalue weighted by Crippen LogP contribution is 2.38. The van der Waals surface area contributed by atoms with Crippen molar-refractivity contribution < 1.29 is 19.0 Å². The molecule has 3 heterocycles. The average molecular weight is 438 g/mol. The van der Waals surface area contributed by atoms with Crippen LogP contribution in [0.2, 0.25) is 0 Å². The Morgan fingerprint density at radius 1 is 1.00 bits per heavy atom. The molecule has 5 rings (SSSR count). The number of nitrogens with zero attached hydrogens (tertiary/aromatic N) is 3. The number of rotatable bonds is 5. The molecule has 0 saturated carbocycles. The molecule has 2 saturated heterocycles. The Bertz CT molecular complexity index is 958. The summed E-state index contributed by atoms with van der Waals surface area (Å²) in [4.78, 5) is 19.9. The Morgan fingerprint density at radius 3 is 2.59 bits per heavy atom. The van der Waals surface area contributed by atoms with E-state index in [1.165, 1.54) is 0 Å². The number of anilines is 1. The van der Waals surface area contributed by atoms with Gasteiger partial charge in [-0.25, -0.2) is 0 Å². The molecule has 3 aliphatic heterocycles. The van der Waals surface area contributed by atoms with Crippen LogP contribution in [0.15, 0.2) is 42.5 Å². The van der Waals surface area contributed by atoms with Crippen LogP contribution in [-0.4, -0.2) is 75.3 Å². The summed E-state index contributed by atoms with van der Waals surface area (Å²) < 4.78 is 16.9. The Morgan fingerprint density at radius 2 is 1.78 bits per heavy atom. The molecule has 170 valence electrons. The molecule has 0 N–H and O–H groups in total. The number of amides is 1. The molecule has 0 radical (unpaired) electrons. The lowest BCUT2D eigenvalue weighted by atomic mass is 10.0. The van der Waals surface area contributed by atoms with Crippen molar-refractivity contribution in [2.24, 2.45) is 0 Å². The molecule has 0 aromatic heterocycles. The van der Waals surface area contributed by atoms with Gasteiger partial charge in [0.1, 0.15) is 19.0 Å². The van der Waals surface area contributed by atoms with E-state index in [1.54, 1.807) is 7.11 Å². The van der Waals surface area contributed by atoms with Crippen molar-refractivity contribution in [3.05, 3.63) is 48.0 Å². The summed E-state index contributed by atoms with van der Waals surface area (Å²) in [5.74, 6) is 2.70. The minimum absolute atomic E-state index is 0.119. The monoisotopic (exact) mass is 437 g/mol. The van der Waals surface area contributed by atoms with E-state index in [0.29, 0.717) is 19.8 Å². The van der Waals surface area contributed by atoms with Gasteiger partial charge in [-0.2, -0.15) is 0 Å². The zero-order valence-corrected chi connectivity index (χ0v) is 18.7. The fourth-order valence-electron chi connectivity index (χ4n) is 5.00. The molecule has 32 heavy (non-hydrogen) atoms. The molecule has 1 amide bonds. The number of likely N-dealkylation sites (tertiary alicyclic amines) is 1.